The molecule has 0 aliphatic rings. The van der Waals surface area contributed by atoms with Gasteiger partial charge in [-0.05, 0) is 35.7 Å². The van der Waals surface area contributed by atoms with Crippen LogP contribution in [-0.4, -0.2) is 38.1 Å². The van der Waals surface area contributed by atoms with Gasteiger partial charge in [0.2, 0.25) is 5.95 Å². The van der Waals surface area contributed by atoms with Crippen LogP contribution < -0.4 is 16.4 Å². The van der Waals surface area contributed by atoms with Crippen molar-refractivity contribution in [3.05, 3.63) is 60.6 Å². The first-order valence-electron chi connectivity index (χ1n) is 10.4. The minimum atomic E-state index is -4.48. The van der Waals surface area contributed by atoms with Crippen LogP contribution in [-0.2, 0) is 0 Å². The number of urea groups is 1. The Bertz CT molecular complexity index is 1350. The number of alkyl halides is 3. The number of rotatable bonds is 5. The van der Waals surface area contributed by atoms with Crippen molar-refractivity contribution in [1.82, 2.24) is 24.7 Å². The first-order chi connectivity index (χ1) is 16.1. The predicted octanol–water partition coefficient (Wildman–Crippen LogP) is 5.27. The first kappa shape index (κ1) is 25.8. The van der Waals surface area contributed by atoms with Gasteiger partial charge in [-0.3, -0.25) is 4.40 Å². The van der Waals surface area contributed by atoms with Crippen LogP contribution in [0, 0.1) is 0 Å². The number of halogens is 4. The molecule has 0 saturated carbocycles. The van der Waals surface area contributed by atoms with Crippen molar-refractivity contribution in [2.45, 2.75) is 25.9 Å². The molecule has 8 nitrogen and oxygen atoms in total. The van der Waals surface area contributed by atoms with Gasteiger partial charge in [-0.1, -0.05) is 26.0 Å². The van der Waals surface area contributed by atoms with Crippen LogP contribution in [0.2, 0.25) is 0 Å². The Labute approximate surface area is 205 Å². The number of carbonyl (C=O) groups excluding carboxylic acids is 1. The van der Waals surface area contributed by atoms with Crippen LogP contribution in [0.25, 0.3) is 28.2 Å². The van der Waals surface area contributed by atoms with Crippen molar-refractivity contribution in [2.24, 2.45) is 0 Å². The third kappa shape index (κ3) is 5.99. The van der Waals surface area contributed by atoms with E-state index in [4.69, 9.17) is 5.73 Å². The van der Waals surface area contributed by atoms with Crippen LogP contribution in [0.5, 0.6) is 0 Å². The molecule has 0 spiro atoms. The molecule has 4 aromatic rings. The highest BCUT2D eigenvalue weighted by Crippen LogP contribution is 2.30. The van der Waals surface area contributed by atoms with E-state index in [1.54, 1.807) is 35.9 Å². The molecule has 12 heteroatoms. The molecule has 0 aliphatic heterocycles. The summed E-state index contributed by atoms with van der Waals surface area (Å²) in [5, 5.41) is 4.19. The number of hydrogen-bond acceptors (Lipinski definition) is 5. The van der Waals surface area contributed by atoms with E-state index in [-0.39, 0.29) is 24.3 Å². The number of pyridine rings is 1. The van der Waals surface area contributed by atoms with Crippen molar-refractivity contribution in [2.75, 3.05) is 17.6 Å². The number of nitrogens with one attached hydrogen (secondary N) is 2. The van der Waals surface area contributed by atoms with Gasteiger partial charge in [0, 0.05) is 29.2 Å². The van der Waals surface area contributed by atoms with Gasteiger partial charge in [-0.15, -0.1) is 12.4 Å². The lowest BCUT2D eigenvalue weighted by atomic mass is 9.99. The number of imidazole rings is 1. The lowest BCUT2D eigenvalue weighted by Crippen LogP contribution is -2.36. The number of nitrogens with two attached hydrogens (primary N) is 1. The number of benzene rings is 1. The zero-order chi connectivity index (χ0) is 24.5. The van der Waals surface area contributed by atoms with Crippen molar-refractivity contribution < 1.29 is 18.0 Å². The predicted molar refractivity (Wildman–Crippen MR) is 130 cm³/mol. The molecule has 3 heterocycles. The van der Waals surface area contributed by atoms with Crippen LogP contribution in [0.15, 0.2) is 55.0 Å². The highest BCUT2D eigenvalue weighted by Gasteiger charge is 2.27. The second kappa shape index (κ2) is 10.2. The average Bonchev–Trinajstić information content (AvgIpc) is 3.20. The van der Waals surface area contributed by atoms with E-state index < -0.39 is 18.8 Å². The summed E-state index contributed by atoms with van der Waals surface area (Å²) in [6, 6.07) is 9.61. The third-order valence-corrected chi connectivity index (χ3v) is 5.11. The summed E-state index contributed by atoms with van der Waals surface area (Å²) in [4.78, 5) is 24.8. The summed E-state index contributed by atoms with van der Waals surface area (Å²) in [7, 11) is 0. The second-order valence-electron chi connectivity index (χ2n) is 7.98. The molecule has 0 saturated heterocycles. The van der Waals surface area contributed by atoms with Gasteiger partial charge in [-0.2, -0.15) is 13.2 Å². The zero-order valence-electron chi connectivity index (χ0n) is 18.8. The molecule has 0 fully saturated rings. The number of nitrogens with zero attached hydrogens (tertiary/aromatic N) is 4. The third-order valence-electron chi connectivity index (χ3n) is 5.11. The number of nitrogen functional groups attached to an aromatic ring is 1. The maximum atomic E-state index is 12.3. The normalized spacial score (nSPS) is 11.4. The molecular weight excluding hydrogens is 483 g/mol. The Balaban J connectivity index is 0.00000342. The molecule has 0 atom stereocenters. The largest absolute Gasteiger partial charge is 0.405 e. The number of carbonyl (C=O) groups is 1. The molecule has 0 bridgehead atoms. The molecule has 4 N–H and O–H groups in total. The number of aromatic nitrogens is 4. The summed E-state index contributed by atoms with van der Waals surface area (Å²) in [6.45, 7) is 2.69. The van der Waals surface area contributed by atoms with E-state index in [0.717, 1.165) is 28.1 Å². The molecule has 2 amide bonds. The van der Waals surface area contributed by atoms with Crippen LogP contribution in [0.3, 0.4) is 0 Å². The van der Waals surface area contributed by atoms with Gasteiger partial charge in [0.25, 0.3) is 0 Å². The van der Waals surface area contributed by atoms with Crippen molar-refractivity contribution in [1.29, 1.82) is 0 Å². The fourth-order valence-corrected chi connectivity index (χ4v) is 3.51. The van der Waals surface area contributed by atoms with Gasteiger partial charge in [-0.25, -0.2) is 19.7 Å². The van der Waals surface area contributed by atoms with Gasteiger partial charge in [0.05, 0.1) is 17.6 Å². The van der Waals surface area contributed by atoms with E-state index in [2.05, 4.69) is 34.1 Å². The van der Waals surface area contributed by atoms with Crippen molar-refractivity contribution in [3.8, 4) is 22.5 Å². The lowest BCUT2D eigenvalue weighted by Gasteiger charge is -2.12. The Kier molecular flexibility index (Phi) is 7.49. The molecule has 184 valence electrons. The molecule has 3 aromatic heterocycles. The quantitative estimate of drug-likeness (QED) is 0.342. The number of hydrogen-bond donors (Lipinski definition) is 3. The smallest absolute Gasteiger partial charge is 0.368 e. The van der Waals surface area contributed by atoms with Gasteiger partial charge in [0.15, 0.2) is 0 Å². The Morgan fingerprint density at radius 1 is 1.11 bits per heavy atom. The summed E-state index contributed by atoms with van der Waals surface area (Å²) < 4.78 is 38.8. The van der Waals surface area contributed by atoms with E-state index in [0.29, 0.717) is 11.3 Å². The fourth-order valence-electron chi connectivity index (χ4n) is 3.51. The topological polar surface area (TPSA) is 110 Å². The maximum Gasteiger partial charge on any atom is 0.405 e. The van der Waals surface area contributed by atoms with E-state index in [1.807, 2.05) is 28.8 Å². The highest BCUT2D eigenvalue weighted by atomic mass is 35.5. The van der Waals surface area contributed by atoms with E-state index in [1.165, 1.54) is 0 Å². The van der Waals surface area contributed by atoms with Gasteiger partial charge < -0.3 is 16.4 Å². The number of amides is 2. The molecule has 0 radical (unpaired) electrons. The molecular formula is C23H23ClF3N7O. The van der Waals surface area contributed by atoms with E-state index >= 15 is 0 Å². The molecule has 1 aromatic carbocycles. The van der Waals surface area contributed by atoms with Crippen LogP contribution in [0.1, 0.15) is 25.3 Å². The summed E-state index contributed by atoms with van der Waals surface area (Å²) in [5.41, 5.74) is 10.9. The minimum absolute atomic E-state index is 0. The number of anilines is 2. The Morgan fingerprint density at radius 2 is 1.89 bits per heavy atom. The van der Waals surface area contributed by atoms with Gasteiger partial charge in [0.1, 0.15) is 12.2 Å². The SMILES string of the molecule is CC(C)c1cnc(N)nc1-c1ccn2c(-c3cccc(NC(=O)NCC(F)(F)F)c3)cnc2c1.Cl. The minimum Gasteiger partial charge on any atom is -0.368 e. The molecule has 0 aliphatic carbocycles. The van der Waals surface area contributed by atoms with Gasteiger partial charge >= 0.3 is 12.2 Å². The second-order valence-corrected chi connectivity index (χ2v) is 7.98. The summed E-state index contributed by atoms with van der Waals surface area (Å²) >= 11 is 0. The van der Waals surface area contributed by atoms with Crippen LogP contribution >= 0.6 is 12.4 Å². The Morgan fingerprint density at radius 3 is 2.60 bits per heavy atom. The highest BCUT2D eigenvalue weighted by molar-refractivity contribution is 5.90. The Hall–Kier alpha value is -3.86. The zero-order valence-corrected chi connectivity index (χ0v) is 19.6. The lowest BCUT2D eigenvalue weighted by molar-refractivity contribution is -0.122. The fraction of sp³-hybridized carbons (Fsp3) is 0.217. The summed E-state index contributed by atoms with van der Waals surface area (Å²) in [6.07, 6.45) is 0.778. The monoisotopic (exact) mass is 505 g/mol. The van der Waals surface area contributed by atoms with Crippen molar-refractivity contribution >= 4 is 35.7 Å². The van der Waals surface area contributed by atoms with Crippen LogP contribution in [0.4, 0.5) is 29.6 Å². The molecule has 35 heavy (non-hydrogen) atoms. The summed E-state index contributed by atoms with van der Waals surface area (Å²) in [5.74, 6) is 0.387. The van der Waals surface area contributed by atoms with E-state index in [9.17, 15) is 18.0 Å². The first-order valence-corrected chi connectivity index (χ1v) is 10.4. The van der Waals surface area contributed by atoms with Crippen molar-refractivity contribution in [3.63, 3.8) is 0 Å². The maximum absolute atomic E-state index is 12.3. The molecule has 0 unspecified atom stereocenters. The average molecular weight is 506 g/mol. The molecule has 4 rings (SSSR count). The number of fused-ring (bicyclic) bond motifs is 1. The standard InChI is InChI=1S/C23H22F3N7O.ClH/c1-13(2)17-10-29-21(27)32-20(17)15-6-7-33-18(11-28-19(33)9-15)14-4-3-5-16(8-14)31-22(34)30-12-23(24,25)26;/h3-11,13H,12H2,1-2H3,(H2,27,29,32)(H2,30,31,34);1H.